The summed E-state index contributed by atoms with van der Waals surface area (Å²) in [6, 6.07) is 5.52. The molecule has 6 nitrogen and oxygen atoms in total. The van der Waals surface area contributed by atoms with Crippen molar-refractivity contribution in [1.29, 1.82) is 0 Å². The quantitative estimate of drug-likeness (QED) is 0.605. The number of hydrogen-bond acceptors (Lipinski definition) is 4. The van der Waals surface area contributed by atoms with Crippen LogP contribution in [0.25, 0.3) is 11.3 Å². The van der Waals surface area contributed by atoms with Crippen molar-refractivity contribution in [1.82, 2.24) is 15.0 Å². The number of carbonyl (C=O) groups is 1. The molecule has 0 radical (unpaired) electrons. The van der Waals surface area contributed by atoms with Crippen LogP contribution in [0.5, 0.6) is 0 Å². The lowest BCUT2D eigenvalue weighted by Gasteiger charge is -2.09. The summed E-state index contributed by atoms with van der Waals surface area (Å²) in [6.45, 7) is 4.72. The van der Waals surface area contributed by atoms with Gasteiger partial charge in [-0.3, -0.25) is 0 Å². The number of carboxylic acids is 1. The number of anilines is 1. The Balaban J connectivity index is 2.35. The molecule has 0 aliphatic carbocycles. The Morgan fingerprint density at radius 1 is 1.32 bits per heavy atom. The predicted octanol–water partition coefficient (Wildman–Crippen LogP) is 3.11. The molecule has 1 aromatic carbocycles. The van der Waals surface area contributed by atoms with Gasteiger partial charge in [-0.2, -0.15) is 0 Å². The topological polar surface area (TPSA) is 94.0 Å². The number of aryl methyl sites for hydroxylation is 2. The normalized spacial score (nSPS) is 10.8. The van der Waals surface area contributed by atoms with Crippen LogP contribution in [0.3, 0.4) is 0 Å². The first-order valence-corrected chi connectivity index (χ1v) is 7.57. The van der Waals surface area contributed by atoms with Crippen LogP contribution in [0.4, 0.5) is 5.69 Å². The van der Waals surface area contributed by atoms with E-state index in [0.717, 1.165) is 36.8 Å². The summed E-state index contributed by atoms with van der Waals surface area (Å²) >= 11 is 0. The van der Waals surface area contributed by atoms with E-state index in [1.54, 1.807) is 10.7 Å². The summed E-state index contributed by atoms with van der Waals surface area (Å²) in [5.41, 5.74) is 8.77. The van der Waals surface area contributed by atoms with Gasteiger partial charge in [0.2, 0.25) is 0 Å². The Morgan fingerprint density at radius 3 is 2.73 bits per heavy atom. The lowest BCUT2D eigenvalue weighted by atomic mass is 10.1. The summed E-state index contributed by atoms with van der Waals surface area (Å²) in [5, 5.41) is 17.2. The molecule has 0 aliphatic heterocycles. The van der Waals surface area contributed by atoms with Crippen molar-refractivity contribution in [2.24, 2.45) is 0 Å². The van der Waals surface area contributed by atoms with E-state index < -0.39 is 5.97 Å². The zero-order chi connectivity index (χ0) is 16.1. The molecule has 0 aliphatic rings. The molecule has 0 amide bonds. The number of hydrogen-bond donors (Lipinski definition) is 2. The third-order valence-corrected chi connectivity index (χ3v) is 3.71. The monoisotopic (exact) mass is 302 g/mol. The van der Waals surface area contributed by atoms with Gasteiger partial charge in [0, 0.05) is 17.8 Å². The summed E-state index contributed by atoms with van der Waals surface area (Å²) < 4.78 is 1.67. The van der Waals surface area contributed by atoms with Crippen LogP contribution in [-0.4, -0.2) is 26.1 Å². The van der Waals surface area contributed by atoms with E-state index >= 15 is 0 Å². The number of rotatable bonds is 7. The zero-order valence-electron chi connectivity index (χ0n) is 13.0. The highest BCUT2D eigenvalue weighted by Crippen LogP contribution is 2.26. The maximum atomic E-state index is 11.4. The van der Waals surface area contributed by atoms with E-state index in [2.05, 4.69) is 17.2 Å². The van der Waals surface area contributed by atoms with Crippen molar-refractivity contribution < 1.29 is 9.90 Å². The molecule has 2 rings (SSSR count). The van der Waals surface area contributed by atoms with E-state index in [0.29, 0.717) is 17.9 Å². The van der Waals surface area contributed by atoms with E-state index in [1.807, 2.05) is 19.1 Å². The summed E-state index contributed by atoms with van der Waals surface area (Å²) in [5.74, 6) is -1.08. The molecule has 22 heavy (non-hydrogen) atoms. The van der Waals surface area contributed by atoms with Crippen LogP contribution >= 0.6 is 0 Å². The molecule has 3 N–H and O–H groups in total. The van der Waals surface area contributed by atoms with E-state index in [9.17, 15) is 9.90 Å². The third-order valence-electron chi connectivity index (χ3n) is 3.71. The lowest BCUT2D eigenvalue weighted by molar-refractivity contribution is 0.0691. The van der Waals surface area contributed by atoms with Gasteiger partial charge in [0.15, 0.2) is 5.69 Å². The average molecular weight is 302 g/mol. The van der Waals surface area contributed by atoms with Gasteiger partial charge in [-0.25, -0.2) is 9.48 Å². The van der Waals surface area contributed by atoms with Crippen molar-refractivity contribution in [2.75, 3.05) is 5.73 Å². The second kappa shape index (κ2) is 7.06. The first-order valence-electron chi connectivity index (χ1n) is 7.57. The first-order chi connectivity index (χ1) is 10.5. The van der Waals surface area contributed by atoms with Crippen molar-refractivity contribution in [3.8, 4) is 11.3 Å². The van der Waals surface area contributed by atoms with Crippen molar-refractivity contribution in [3.05, 3.63) is 29.5 Å². The highest BCUT2D eigenvalue weighted by Gasteiger charge is 2.20. The minimum Gasteiger partial charge on any atom is -0.476 e. The summed E-state index contributed by atoms with van der Waals surface area (Å²) in [6.07, 6.45) is 4.35. The molecular formula is C16H22N4O2. The molecule has 0 bridgehead atoms. The van der Waals surface area contributed by atoms with Gasteiger partial charge in [-0.05, 0) is 25.0 Å². The van der Waals surface area contributed by atoms with Crippen molar-refractivity contribution in [3.63, 3.8) is 0 Å². The van der Waals surface area contributed by atoms with Crippen LogP contribution in [-0.2, 0) is 6.54 Å². The fourth-order valence-corrected chi connectivity index (χ4v) is 2.38. The Hall–Kier alpha value is -2.37. The van der Waals surface area contributed by atoms with Crippen LogP contribution in [0, 0.1) is 6.92 Å². The number of nitrogens with two attached hydrogens (primary N) is 1. The van der Waals surface area contributed by atoms with Crippen LogP contribution in [0.15, 0.2) is 18.2 Å². The smallest absolute Gasteiger partial charge is 0.358 e. The number of aromatic nitrogens is 3. The number of nitrogens with zero attached hydrogens (tertiary/aromatic N) is 3. The lowest BCUT2D eigenvalue weighted by Crippen LogP contribution is -2.06. The highest BCUT2D eigenvalue weighted by atomic mass is 16.4. The Kier molecular flexibility index (Phi) is 5.14. The molecule has 6 heteroatoms. The molecule has 0 fully saturated rings. The second-order valence-corrected chi connectivity index (χ2v) is 5.45. The number of unbranched alkanes of at least 4 members (excludes halogenated alkanes) is 3. The van der Waals surface area contributed by atoms with Gasteiger partial charge >= 0.3 is 5.97 Å². The van der Waals surface area contributed by atoms with Crippen LogP contribution in [0.1, 0.15) is 48.7 Å². The minimum atomic E-state index is -1.08. The van der Waals surface area contributed by atoms with Crippen LogP contribution in [0.2, 0.25) is 0 Å². The van der Waals surface area contributed by atoms with Crippen LogP contribution < -0.4 is 5.73 Å². The fraction of sp³-hybridized carbons (Fsp3) is 0.438. The average Bonchev–Trinajstić information content (AvgIpc) is 2.90. The maximum absolute atomic E-state index is 11.4. The number of benzene rings is 1. The molecule has 0 saturated heterocycles. The maximum Gasteiger partial charge on any atom is 0.358 e. The molecule has 1 aromatic heterocycles. The molecule has 0 spiro atoms. The molecule has 0 saturated carbocycles. The largest absolute Gasteiger partial charge is 0.476 e. The van der Waals surface area contributed by atoms with E-state index in [-0.39, 0.29) is 5.69 Å². The molecule has 0 unspecified atom stereocenters. The number of nitrogen functional groups attached to an aromatic ring is 1. The standard InChI is InChI=1S/C16H22N4O2/c1-3-4-5-6-9-20-15(14(16(21)22)18-19-20)12-8-7-11(2)13(17)10-12/h7-8,10H,3-6,9,17H2,1-2H3,(H,21,22). The van der Waals surface area contributed by atoms with Crippen molar-refractivity contribution in [2.45, 2.75) is 46.1 Å². The second-order valence-electron chi connectivity index (χ2n) is 5.45. The van der Waals surface area contributed by atoms with Gasteiger partial charge in [-0.1, -0.05) is 43.5 Å². The molecule has 118 valence electrons. The predicted molar refractivity (Wildman–Crippen MR) is 85.7 cm³/mol. The highest BCUT2D eigenvalue weighted by molar-refractivity contribution is 5.93. The number of aromatic carboxylic acids is 1. The SMILES string of the molecule is CCCCCCn1nnc(C(=O)O)c1-c1ccc(C)c(N)c1. The fourth-order valence-electron chi connectivity index (χ4n) is 2.38. The summed E-state index contributed by atoms with van der Waals surface area (Å²) in [4.78, 5) is 11.4. The third kappa shape index (κ3) is 3.44. The summed E-state index contributed by atoms with van der Waals surface area (Å²) in [7, 11) is 0. The van der Waals surface area contributed by atoms with Gasteiger partial charge in [-0.15, -0.1) is 5.10 Å². The Morgan fingerprint density at radius 2 is 2.09 bits per heavy atom. The van der Waals surface area contributed by atoms with E-state index in [1.165, 1.54) is 0 Å². The van der Waals surface area contributed by atoms with Gasteiger partial charge in [0.25, 0.3) is 0 Å². The molecule has 0 atom stereocenters. The molecule has 1 heterocycles. The van der Waals surface area contributed by atoms with Gasteiger partial charge in [0.05, 0.1) is 0 Å². The molecular weight excluding hydrogens is 280 g/mol. The van der Waals surface area contributed by atoms with Gasteiger partial charge < -0.3 is 10.8 Å². The first kappa shape index (κ1) is 16.0. The Labute approximate surface area is 129 Å². The van der Waals surface area contributed by atoms with Gasteiger partial charge in [0.1, 0.15) is 5.69 Å². The Bertz CT molecular complexity index is 664. The van der Waals surface area contributed by atoms with E-state index in [4.69, 9.17) is 5.73 Å². The van der Waals surface area contributed by atoms with Crippen molar-refractivity contribution >= 4 is 11.7 Å². The zero-order valence-corrected chi connectivity index (χ0v) is 13.0. The minimum absolute atomic E-state index is 0.0289. The molecule has 2 aromatic rings. The number of carboxylic acid groups (broad SMARTS) is 1.